The molecule has 0 amide bonds. The molecule has 1 aliphatic heterocycles. The Labute approximate surface area is 137 Å². The average molecular weight is 359 g/mol. The molecule has 24 heavy (non-hydrogen) atoms. The van der Waals surface area contributed by atoms with Crippen LogP contribution in [0, 0.1) is 0 Å². The fourth-order valence-corrected chi connectivity index (χ4v) is 4.51. The predicted molar refractivity (Wildman–Crippen MR) is 82.4 cm³/mol. The summed E-state index contributed by atoms with van der Waals surface area (Å²) in [4.78, 5) is 0.168. The van der Waals surface area contributed by atoms with E-state index in [1.165, 1.54) is 13.1 Å². The van der Waals surface area contributed by atoms with Gasteiger partial charge < -0.3 is 5.32 Å². The van der Waals surface area contributed by atoms with E-state index in [-0.39, 0.29) is 10.6 Å². The second-order valence-electron chi connectivity index (χ2n) is 5.71. The van der Waals surface area contributed by atoms with Gasteiger partial charge in [0.1, 0.15) is 0 Å². The molecule has 1 aromatic carbocycles. The normalized spacial score (nSPS) is 15.0. The Hall–Kier alpha value is -2.03. The van der Waals surface area contributed by atoms with Crippen molar-refractivity contribution in [3.8, 4) is 0 Å². The highest BCUT2D eigenvalue weighted by molar-refractivity contribution is 7.90. The Morgan fingerprint density at radius 2 is 2.08 bits per heavy atom. The van der Waals surface area contributed by atoms with Crippen molar-refractivity contribution in [1.82, 2.24) is 9.78 Å². The summed E-state index contributed by atoms with van der Waals surface area (Å²) in [5, 5.41) is 6.51. The number of hydrogen-bond acceptors (Lipinski definition) is 4. The lowest BCUT2D eigenvalue weighted by molar-refractivity contribution is -0.141. The minimum absolute atomic E-state index is 0.00342. The summed E-state index contributed by atoms with van der Waals surface area (Å²) in [6.45, 7) is 0.771. The number of fused-ring (bicyclic) bond motifs is 1. The van der Waals surface area contributed by atoms with Gasteiger partial charge >= 0.3 is 6.18 Å². The van der Waals surface area contributed by atoms with Crippen molar-refractivity contribution in [2.45, 2.75) is 29.7 Å². The molecule has 1 aromatic heterocycles. The van der Waals surface area contributed by atoms with Gasteiger partial charge in [0.15, 0.2) is 15.5 Å². The molecule has 2 heterocycles. The average Bonchev–Trinajstić information content (AvgIpc) is 2.87. The fourth-order valence-electron chi connectivity index (χ4n) is 2.82. The van der Waals surface area contributed by atoms with Crippen LogP contribution in [-0.2, 0) is 35.2 Å². The van der Waals surface area contributed by atoms with Crippen LogP contribution in [0.15, 0.2) is 29.2 Å². The molecular weight excluding hydrogens is 343 g/mol. The van der Waals surface area contributed by atoms with Gasteiger partial charge in [0.05, 0.1) is 16.3 Å². The molecule has 0 bridgehead atoms. The van der Waals surface area contributed by atoms with Gasteiger partial charge in [-0.25, -0.2) is 8.42 Å². The quantitative estimate of drug-likeness (QED) is 0.915. The monoisotopic (exact) mass is 359 g/mol. The Morgan fingerprint density at radius 1 is 1.33 bits per heavy atom. The molecule has 0 atom stereocenters. The van der Waals surface area contributed by atoms with E-state index in [9.17, 15) is 21.6 Å². The number of aromatic nitrogens is 2. The van der Waals surface area contributed by atoms with Crippen LogP contribution < -0.4 is 5.32 Å². The first-order chi connectivity index (χ1) is 11.2. The lowest BCUT2D eigenvalue weighted by atomic mass is 10.0. The van der Waals surface area contributed by atoms with Crippen molar-refractivity contribution in [2.24, 2.45) is 7.05 Å². The third-order valence-corrected chi connectivity index (χ3v) is 5.72. The smallest absolute Gasteiger partial charge is 0.385 e. The molecule has 0 spiro atoms. The Kier molecular flexibility index (Phi) is 4.06. The van der Waals surface area contributed by atoms with Crippen LogP contribution in [0.2, 0.25) is 0 Å². The van der Waals surface area contributed by atoms with E-state index >= 15 is 0 Å². The van der Waals surface area contributed by atoms with Gasteiger partial charge in [-0.2, -0.15) is 18.3 Å². The van der Waals surface area contributed by atoms with E-state index in [1.807, 2.05) is 0 Å². The summed E-state index contributed by atoms with van der Waals surface area (Å²) in [6.07, 6.45) is -3.17. The van der Waals surface area contributed by atoms with Crippen LogP contribution in [0.25, 0.3) is 0 Å². The molecular formula is C15H16F3N3O2S. The number of hydrogen-bond donors (Lipinski definition) is 1. The SMILES string of the molecule is Cn1nc(C(F)(F)F)cc1CS(=O)(=O)c1cccc2c1CCCN2. The topological polar surface area (TPSA) is 64.0 Å². The minimum atomic E-state index is -4.60. The second kappa shape index (κ2) is 5.80. The van der Waals surface area contributed by atoms with E-state index in [2.05, 4.69) is 10.4 Å². The molecule has 0 saturated heterocycles. The van der Waals surface area contributed by atoms with Crippen molar-refractivity contribution in [2.75, 3.05) is 11.9 Å². The van der Waals surface area contributed by atoms with Gasteiger partial charge in [-0.3, -0.25) is 4.68 Å². The summed E-state index contributed by atoms with van der Waals surface area (Å²) in [7, 11) is -2.47. The molecule has 9 heteroatoms. The molecule has 1 aliphatic rings. The number of sulfone groups is 1. The highest BCUT2D eigenvalue weighted by Gasteiger charge is 2.35. The van der Waals surface area contributed by atoms with Crippen molar-refractivity contribution in [3.05, 3.63) is 41.2 Å². The maximum atomic E-state index is 12.7. The number of nitrogens with zero attached hydrogens (tertiary/aromatic N) is 2. The van der Waals surface area contributed by atoms with Crippen molar-refractivity contribution in [3.63, 3.8) is 0 Å². The van der Waals surface area contributed by atoms with Crippen LogP contribution in [0.4, 0.5) is 18.9 Å². The van der Waals surface area contributed by atoms with Crippen molar-refractivity contribution < 1.29 is 21.6 Å². The Balaban J connectivity index is 1.97. The lowest BCUT2D eigenvalue weighted by Crippen LogP contribution is -2.17. The van der Waals surface area contributed by atoms with Gasteiger partial charge in [-0.15, -0.1) is 0 Å². The summed E-state index contributed by atoms with van der Waals surface area (Å²) in [5.41, 5.74) is 0.376. The molecule has 1 N–H and O–H groups in total. The van der Waals surface area contributed by atoms with Gasteiger partial charge in [-0.1, -0.05) is 6.07 Å². The van der Waals surface area contributed by atoms with Crippen LogP contribution in [0.3, 0.4) is 0 Å². The van der Waals surface area contributed by atoms with Crippen molar-refractivity contribution in [1.29, 1.82) is 0 Å². The third-order valence-electron chi connectivity index (χ3n) is 3.99. The lowest BCUT2D eigenvalue weighted by Gasteiger charge is -2.20. The van der Waals surface area contributed by atoms with Crippen LogP contribution in [0.5, 0.6) is 0 Å². The number of aryl methyl sites for hydroxylation is 1. The maximum Gasteiger partial charge on any atom is 0.435 e. The van der Waals surface area contributed by atoms with Gasteiger partial charge in [0.25, 0.3) is 0 Å². The number of benzene rings is 1. The van der Waals surface area contributed by atoms with E-state index in [1.54, 1.807) is 12.1 Å². The van der Waals surface area contributed by atoms with Crippen molar-refractivity contribution >= 4 is 15.5 Å². The molecule has 3 rings (SSSR count). The van der Waals surface area contributed by atoms with Gasteiger partial charge in [0, 0.05) is 19.3 Å². The zero-order chi connectivity index (χ0) is 17.5. The first-order valence-corrected chi connectivity index (χ1v) is 9.02. The Morgan fingerprint density at radius 3 is 2.75 bits per heavy atom. The van der Waals surface area contributed by atoms with Gasteiger partial charge in [-0.05, 0) is 36.6 Å². The number of alkyl halides is 3. The zero-order valence-electron chi connectivity index (χ0n) is 12.9. The molecule has 0 aliphatic carbocycles. The largest absolute Gasteiger partial charge is 0.435 e. The van der Waals surface area contributed by atoms with E-state index in [0.29, 0.717) is 12.0 Å². The predicted octanol–water partition coefficient (Wildman–Crippen LogP) is 2.77. The van der Waals surface area contributed by atoms with Crippen LogP contribution >= 0.6 is 0 Å². The van der Waals surface area contributed by atoms with E-state index in [4.69, 9.17) is 0 Å². The fraction of sp³-hybridized carbons (Fsp3) is 0.400. The second-order valence-corrected chi connectivity index (χ2v) is 7.67. The highest BCUT2D eigenvalue weighted by atomic mass is 32.2. The summed E-state index contributed by atoms with van der Waals surface area (Å²) >= 11 is 0. The molecule has 5 nitrogen and oxygen atoms in total. The van der Waals surface area contributed by atoms with E-state index in [0.717, 1.165) is 29.4 Å². The van der Waals surface area contributed by atoms with E-state index < -0.39 is 27.5 Å². The molecule has 0 radical (unpaired) electrons. The maximum absolute atomic E-state index is 12.7. The van der Waals surface area contributed by atoms with Crippen LogP contribution in [0.1, 0.15) is 23.4 Å². The zero-order valence-corrected chi connectivity index (χ0v) is 13.7. The van der Waals surface area contributed by atoms with Gasteiger partial charge in [0.2, 0.25) is 0 Å². The molecule has 0 unspecified atom stereocenters. The number of nitrogens with one attached hydrogen (secondary N) is 1. The number of rotatable bonds is 3. The molecule has 0 saturated carbocycles. The molecule has 0 fully saturated rings. The number of anilines is 1. The Bertz CT molecular complexity index is 873. The summed E-state index contributed by atoms with van der Waals surface area (Å²) in [6, 6.07) is 5.72. The molecule has 2 aromatic rings. The minimum Gasteiger partial charge on any atom is -0.385 e. The first kappa shape index (κ1) is 16.8. The highest BCUT2D eigenvalue weighted by Crippen LogP contribution is 2.32. The van der Waals surface area contributed by atoms with Crippen LogP contribution in [-0.4, -0.2) is 24.7 Å². The number of halogens is 3. The standard InChI is InChI=1S/C15H16F3N3O2S/c1-21-10(8-14(20-21)15(16,17)18)9-24(22,23)13-6-2-5-12-11(13)4-3-7-19-12/h2,5-6,8,19H,3-4,7,9H2,1H3. The summed E-state index contributed by atoms with van der Waals surface area (Å²) < 4.78 is 64.6. The first-order valence-electron chi connectivity index (χ1n) is 7.37. The molecule has 130 valence electrons. The third kappa shape index (κ3) is 3.12. The summed E-state index contributed by atoms with van der Waals surface area (Å²) in [5.74, 6) is -0.525.